The molecule has 1 aliphatic rings. The Morgan fingerprint density at radius 2 is 2.00 bits per heavy atom. The SMILES string of the molecule is CC1CCCC(c2nc(C(C)C)no2)CC1. The van der Waals surface area contributed by atoms with Crippen LogP contribution in [0.4, 0.5) is 0 Å². The summed E-state index contributed by atoms with van der Waals surface area (Å²) in [5.41, 5.74) is 0. The van der Waals surface area contributed by atoms with Gasteiger partial charge in [0, 0.05) is 11.8 Å². The van der Waals surface area contributed by atoms with E-state index in [-0.39, 0.29) is 0 Å². The fourth-order valence-corrected chi connectivity index (χ4v) is 2.38. The number of aromatic nitrogens is 2. The van der Waals surface area contributed by atoms with Crippen LogP contribution in [0.25, 0.3) is 0 Å². The Kier molecular flexibility index (Phi) is 3.62. The maximum absolute atomic E-state index is 5.40. The summed E-state index contributed by atoms with van der Waals surface area (Å²) >= 11 is 0. The van der Waals surface area contributed by atoms with Gasteiger partial charge in [0.05, 0.1) is 0 Å². The predicted octanol–water partition coefficient (Wildman–Crippen LogP) is 3.88. The molecule has 1 fully saturated rings. The summed E-state index contributed by atoms with van der Waals surface area (Å²) in [5.74, 6) is 3.45. The van der Waals surface area contributed by atoms with Crippen LogP contribution < -0.4 is 0 Å². The Labute approximate surface area is 97.6 Å². The first-order chi connectivity index (χ1) is 7.66. The molecular weight excluding hydrogens is 200 g/mol. The lowest BCUT2D eigenvalue weighted by molar-refractivity contribution is 0.335. The zero-order valence-electron chi connectivity index (χ0n) is 10.6. The Morgan fingerprint density at radius 1 is 1.19 bits per heavy atom. The Morgan fingerprint density at radius 3 is 2.69 bits per heavy atom. The molecule has 1 aromatic heterocycles. The van der Waals surface area contributed by atoms with E-state index in [9.17, 15) is 0 Å². The maximum Gasteiger partial charge on any atom is 0.229 e. The average Bonchev–Trinajstić information content (AvgIpc) is 2.63. The van der Waals surface area contributed by atoms with Gasteiger partial charge in [-0.15, -0.1) is 0 Å². The van der Waals surface area contributed by atoms with Crippen molar-refractivity contribution in [2.24, 2.45) is 5.92 Å². The topological polar surface area (TPSA) is 38.9 Å². The second-order valence-corrected chi connectivity index (χ2v) is 5.46. The smallest absolute Gasteiger partial charge is 0.229 e. The zero-order chi connectivity index (χ0) is 11.5. The summed E-state index contributed by atoms with van der Waals surface area (Å²) < 4.78 is 5.40. The largest absolute Gasteiger partial charge is 0.339 e. The van der Waals surface area contributed by atoms with Crippen LogP contribution in [0.3, 0.4) is 0 Å². The number of nitrogens with zero attached hydrogens (tertiary/aromatic N) is 2. The molecule has 3 heteroatoms. The van der Waals surface area contributed by atoms with Crippen LogP contribution in [0, 0.1) is 5.92 Å². The highest BCUT2D eigenvalue weighted by atomic mass is 16.5. The Bertz CT molecular complexity index is 332. The van der Waals surface area contributed by atoms with Gasteiger partial charge in [0.2, 0.25) is 5.89 Å². The second-order valence-electron chi connectivity index (χ2n) is 5.46. The lowest BCUT2D eigenvalue weighted by atomic mass is 9.99. The third-order valence-electron chi connectivity index (χ3n) is 3.58. The van der Waals surface area contributed by atoms with Crippen molar-refractivity contribution >= 4 is 0 Å². The minimum Gasteiger partial charge on any atom is -0.339 e. The van der Waals surface area contributed by atoms with E-state index in [2.05, 4.69) is 30.9 Å². The van der Waals surface area contributed by atoms with Gasteiger partial charge in [-0.25, -0.2) is 0 Å². The van der Waals surface area contributed by atoms with E-state index in [0.717, 1.165) is 17.6 Å². The number of rotatable bonds is 2. The van der Waals surface area contributed by atoms with Gasteiger partial charge in [0.15, 0.2) is 5.82 Å². The van der Waals surface area contributed by atoms with Gasteiger partial charge < -0.3 is 4.52 Å². The van der Waals surface area contributed by atoms with Crippen LogP contribution in [0.2, 0.25) is 0 Å². The zero-order valence-corrected chi connectivity index (χ0v) is 10.6. The van der Waals surface area contributed by atoms with Crippen molar-refractivity contribution < 1.29 is 4.52 Å². The summed E-state index contributed by atoms with van der Waals surface area (Å²) in [5, 5.41) is 4.05. The van der Waals surface area contributed by atoms with Crippen molar-refractivity contribution in [1.29, 1.82) is 0 Å². The molecule has 1 aromatic rings. The summed E-state index contributed by atoms with van der Waals surface area (Å²) in [6, 6.07) is 0. The van der Waals surface area contributed by atoms with Crippen LogP contribution in [-0.2, 0) is 0 Å². The molecule has 3 nitrogen and oxygen atoms in total. The molecule has 2 atom stereocenters. The minimum atomic E-state index is 0.363. The molecule has 0 radical (unpaired) electrons. The van der Waals surface area contributed by atoms with E-state index >= 15 is 0 Å². The third-order valence-corrected chi connectivity index (χ3v) is 3.58. The fraction of sp³-hybridized carbons (Fsp3) is 0.846. The summed E-state index contributed by atoms with van der Waals surface area (Å²) in [7, 11) is 0. The van der Waals surface area contributed by atoms with Gasteiger partial charge >= 0.3 is 0 Å². The van der Waals surface area contributed by atoms with Crippen molar-refractivity contribution in [3.05, 3.63) is 11.7 Å². The summed E-state index contributed by atoms with van der Waals surface area (Å²) in [4.78, 5) is 4.52. The van der Waals surface area contributed by atoms with Gasteiger partial charge in [0.1, 0.15) is 0 Å². The van der Waals surface area contributed by atoms with Gasteiger partial charge in [-0.05, 0) is 25.2 Å². The molecule has 1 aliphatic carbocycles. The predicted molar refractivity (Wildman–Crippen MR) is 63.4 cm³/mol. The lowest BCUT2D eigenvalue weighted by Gasteiger charge is -2.08. The molecule has 0 spiro atoms. The van der Waals surface area contributed by atoms with Crippen LogP contribution in [0.15, 0.2) is 4.52 Å². The first-order valence-corrected chi connectivity index (χ1v) is 6.50. The first kappa shape index (κ1) is 11.6. The molecule has 90 valence electrons. The van der Waals surface area contributed by atoms with Gasteiger partial charge in [-0.1, -0.05) is 38.8 Å². The van der Waals surface area contributed by atoms with Gasteiger partial charge in [-0.3, -0.25) is 0 Å². The first-order valence-electron chi connectivity index (χ1n) is 6.50. The van der Waals surface area contributed by atoms with E-state index in [1.807, 2.05) is 0 Å². The Balaban J connectivity index is 2.05. The van der Waals surface area contributed by atoms with Crippen LogP contribution in [0.5, 0.6) is 0 Å². The molecular formula is C13H22N2O. The second kappa shape index (κ2) is 4.98. The normalized spacial score (nSPS) is 27.0. The molecule has 0 bridgehead atoms. The molecule has 1 saturated carbocycles. The van der Waals surface area contributed by atoms with Crippen LogP contribution in [0.1, 0.15) is 76.4 Å². The molecule has 0 amide bonds. The van der Waals surface area contributed by atoms with Crippen molar-refractivity contribution in [3.8, 4) is 0 Å². The van der Waals surface area contributed by atoms with Crippen molar-refractivity contribution in [2.75, 3.05) is 0 Å². The molecule has 0 aliphatic heterocycles. The lowest BCUT2D eigenvalue weighted by Crippen LogP contribution is -1.99. The number of hydrogen-bond acceptors (Lipinski definition) is 3. The molecule has 0 N–H and O–H groups in total. The standard InChI is InChI=1S/C13H22N2O/c1-9(2)12-14-13(16-15-12)11-6-4-5-10(3)7-8-11/h9-11H,4-8H2,1-3H3. The van der Waals surface area contributed by atoms with E-state index in [1.54, 1.807) is 0 Å². The molecule has 2 rings (SSSR count). The van der Waals surface area contributed by atoms with E-state index in [4.69, 9.17) is 4.52 Å². The van der Waals surface area contributed by atoms with E-state index in [0.29, 0.717) is 11.8 Å². The van der Waals surface area contributed by atoms with E-state index in [1.165, 1.54) is 32.1 Å². The highest BCUT2D eigenvalue weighted by Crippen LogP contribution is 2.33. The van der Waals surface area contributed by atoms with Crippen LogP contribution >= 0.6 is 0 Å². The molecule has 0 aromatic carbocycles. The minimum absolute atomic E-state index is 0.363. The summed E-state index contributed by atoms with van der Waals surface area (Å²) in [6.45, 7) is 6.54. The van der Waals surface area contributed by atoms with Crippen molar-refractivity contribution in [3.63, 3.8) is 0 Å². The molecule has 0 saturated heterocycles. The van der Waals surface area contributed by atoms with Crippen LogP contribution in [-0.4, -0.2) is 10.1 Å². The van der Waals surface area contributed by atoms with E-state index < -0.39 is 0 Å². The maximum atomic E-state index is 5.40. The monoisotopic (exact) mass is 222 g/mol. The quantitative estimate of drug-likeness (QED) is 0.713. The fourth-order valence-electron chi connectivity index (χ4n) is 2.38. The Hall–Kier alpha value is -0.860. The van der Waals surface area contributed by atoms with Crippen molar-refractivity contribution in [1.82, 2.24) is 10.1 Å². The average molecular weight is 222 g/mol. The molecule has 16 heavy (non-hydrogen) atoms. The highest BCUT2D eigenvalue weighted by molar-refractivity contribution is 4.97. The van der Waals surface area contributed by atoms with Gasteiger partial charge in [0.25, 0.3) is 0 Å². The highest BCUT2D eigenvalue weighted by Gasteiger charge is 2.23. The van der Waals surface area contributed by atoms with Crippen molar-refractivity contribution in [2.45, 2.75) is 64.7 Å². The molecule has 2 unspecified atom stereocenters. The molecule has 1 heterocycles. The van der Waals surface area contributed by atoms with Gasteiger partial charge in [-0.2, -0.15) is 4.98 Å². The number of hydrogen-bond donors (Lipinski definition) is 0. The third kappa shape index (κ3) is 2.63. The summed E-state index contributed by atoms with van der Waals surface area (Å²) in [6.07, 6.45) is 6.36.